The molecule has 0 bridgehead atoms. The molecule has 2 atom stereocenters. The highest BCUT2D eigenvalue weighted by molar-refractivity contribution is 7.90. The van der Waals surface area contributed by atoms with Crippen molar-refractivity contribution in [2.45, 2.75) is 23.5 Å². The molecule has 0 spiro atoms. The molecule has 19 heavy (non-hydrogen) atoms. The minimum Gasteiger partial charge on any atom is -0.480 e. The van der Waals surface area contributed by atoms with Crippen LogP contribution in [-0.2, 0) is 14.6 Å². The Morgan fingerprint density at radius 1 is 1.37 bits per heavy atom. The molecule has 0 radical (unpaired) electrons. The standard InChI is InChI=1S/C12H15NO5S/c1-19(17,18)11-5-3-2-4-9(11)13-7-8(14)6-10(13)12(15)16/h2-5,8,10,14H,6-7H2,1H3,(H,15,16). The Kier molecular flexibility index (Phi) is 3.51. The van der Waals surface area contributed by atoms with Crippen molar-refractivity contribution in [1.29, 1.82) is 0 Å². The summed E-state index contributed by atoms with van der Waals surface area (Å²) < 4.78 is 23.5. The molecular formula is C12H15NO5S. The zero-order chi connectivity index (χ0) is 14.2. The number of carboxylic acids is 1. The molecule has 1 fully saturated rings. The first kappa shape index (κ1) is 13.8. The third-order valence-corrected chi connectivity index (χ3v) is 4.28. The molecule has 1 aromatic rings. The van der Waals surface area contributed by atoms with E-state index in [4.69, 9.17) is 5.11 Å². The highest BCUT2D eigenvalue weighted by atomic mass is 32.2. The molecule has 1 saturated heterocycles. The highest BCUT2D eigenvalue weighted by Gasteiger charge is 2.37. The summed E-state index contributed by atoms with van der Waals surface area (Å²) in [5, 5.41) is 18.8. The molecule has 1 aliphatic rings. The maximum atomic E-state index is 11.7. The zero-order valence-electron chi connectivity index (χ0n) is 10.4. The first-order chi connectivity index (χ1) is 8.80. The Balaban J connectivity index is 2.50. The van der Waals surface area contributed by atoms with E-state index in [1.165, 1.54) is 11.0 Å². The normalized spacial score (nSPS) is 23.6. The van der Waals surface area contributed by atoms with Crippen LogP contribution in [0.5, 0.6) is 0 Å². The lowest BCUT2D eigenvalue weighted by Crippen LogP contribution is -2.36. The molecule has 1 aliphatic heterocycles. The second-order valence-electron chi connectivity index (χ2n) is 4.64. The molecule has 2 N–H and O–H groups in total. The molecule has 1 aromatic carbocycles. The van der Waals surface area contributed by atoms with Crippen molar-refractivity contribution >= 4 is 21.5 Å². The van der Waals surface area contributed by atoms with Crippen LogP contribution in [0.2, 0.25) is 0 Å². The van der Waals surface area contributed by atoms with Gasteiger partial charge >= 0.3 is 5.97 Å². The van der Waals surface area contributed by atoms with Gasteiger partial charge in [-0.05, 0) is 12.1 Å². The summed E-state index contributed by atoms with van der Waals surface area (Å²) in [5.74, 6) is -1.07. The van der Waals surface area contributed by atoms with Crippen molar-refractivity contribution in [3.05, 3.63) is 24.3 Å². The molecule has 2 rings (SSSR count). The Morgan fingerprint density at radius 3 is 2.58 bits per heavy atom. The molecular weight excluding hydrogens is 270 g/mol. The fraction of sp³-hybridized carbons (Fsp3) is 0.417. The van der Waals surface area contributed by atoms with E-state index in [-0.39, 0.29) is 17.9 Å². The summed E-state index contributed by atoms with van der Waals surface area (Å²) in [6, 6.07) is 5.33. The number of β-amino-alcohol motifs (C(OH)–C–C–N with tert-alkyl or cyclic N) is 1. The average molecular weight is 285 g/mol. The average Bonchev–Trinajstić information content (AvgIpc) is 2.70. The van der Waals surface area contributed by atoms with Crippen LogP contribution < -0.4 is 4.90 Å². The minimum absolute atomic E-state index is 0.0790. The van der Waals surface area contributed by atoms with Crippen LogP contribution in [0.1, 0.15) is 6.42 Å². The number of aliphatic hydroxyl groups excluding tert-OH is 1. The monoisotopic (exact) mass is 285 g/mol. The molecule has 0 amide bonds. The van der Waals surface area contributed by atoms with Gasteiger partial charge in [-0.25, -0.2) is 13.2 Å². The van der Waals surface area contributed by atoms with E-state index in [2.05, 4.69) is 0 Å². The number of nitrogens with zero attached hydrogens (tertiary/aromatic N) is 1. The predicted molar refractivity (Wildman–Crippen MR) is 68.9 cm³/mol. The number of anilines is 1. The predicted octanol–water partition coefficient (Wildman–Crippen LogP) is 0.114. The number of sulfone groups is 1. The van der Waals surface area contributed by atoms with Gasteiger partial charge in [-0.3, -0.25) is 0 Å². The SMILES string of the molecule is CS(=O)(=O)c1ccccc1N1CC(O)CC1C(=O)O. The van der Waals surface area contributed by atoms with E-state index in [9.17, 15) is 18.3 Å². The van der Waals surface area contributed by atoms with Crippen molar-refractivity contribution in [2.75, 3.05) is 17.7 Å². The molecule has 104 valence electrons. The number of aliphatic hydroxyl groups is 1. The maximum absolute atomic E-state index is 11.7. The quantitative estimate of drug-likeness (QED) is 0.818. The van der Waals surface area contributed by atoms with Crippen molar-refractivity contribution in [1.82, 2.24) is 0 Å². The van der Waals surface area contributed by atoms with Gasteiger partial charge in [0.1, 0.15) is 6.04 Å². The highest BCUT2D eigenvalue weighted by Crippen LogP contribution is 2.31. The van der Waals surface area contributed by atoms with Crippen molar-refractivity contribution < 1.29 is 23.4 Å². The van der Waals surface area contributed by atoms with E-state index < -0.39 is 28.0 Å². The lowest BCUT2D eigenvalue weighted by Gasteiger charge is -2.25. The third-order valence-electron chi connectivity index (χ3n) is 3.14. The third kappa shape index (κ3) is 2.71. The second kappa shape index (κ2) is 4.82. The Morgan fingerprint density at radius 2 is 2.00 bits per heavy atom. The van der Waals surface area contributed by atoms with Crippen LogP contribution in [0, 0.1) is 0 Å². The molecule has 1 heterocycles. The van der Waals surface area contributed by atoms with Gasteiger partial charge in [0.15, 0.2) is 9.84 Å². The van der Waals surface area contributed by atoms with Crippen LogP contribution >= 0.6 is 0 Å². The van der Waals surface area contributed by atoms with Crippen molar-refractivity contribution in [3.8, 4) is 0 Å². The Hall–Kier alpha value is -1.60. The zero-order valence-corrected chi connectivity index (χ0v) is 11.2. The van der Waals surface area contributed by atoms with Gasteiger partial charge in [0, 0.05) is 19.2 Å². The van der Waals surface area contributed by atoms with Crippen molar-refractivity contribution in [2.24, 2.45) is 0 Å². The van der Waals surface area contributed by atoms with Crippen molar-refractivity contribution in [3.63, 3.8) is 0 Å². The molecule has 0 aliphatic carbocycles. The summed E-state index contributed by atoms with van der Waals surface area (Å²) in [5.41, 5.74) is 0.328. The number of aliphatic carboxylic acids is 1. The van der Waals surface area contributed by atoms with Crippen LogP contribution in [0.4, 0.5) is 5.69 Å². The topological polar surface area (TPSA) is 94.9 Å². The van der Waals surface area contributed by atoms with Gasteiger partial charge in [0.05, 0.1) is 16.7 Å². The largest absolute Gasteiger partial charge is 0.480 e. The van der Waals surface area contributed by atoms with Crippen LogP contribution in [0.3, 0.4) is 0 Å². The van der Waals surface area contributed by atoms with Crippen LogP contribution in [0.15, 0.2) is 29.2 Å². The molecule has 0 aromatic heterocycles. The van der Waals surface area contributed by atoms with Gasteiger partial charge in [-0.2, -0.15) is 0 Å². The van der Waals surface area contributed by atoms with Gasteiger partial charge in [-0.15, -0.1) is 0 Å². The van der Waals surface area contributed by atoms with E-state index in [1.807, 2.05) is 0 Å². The fourth-order valence-electron chi connectivity index (χ4n) is 2.32. The fourth-order valence-corrected chi connectivity index (χ4v) is 3.21. The number of hydrogen-bond donors (Lipinski definition) is 2. The lowest BCUT2D eigenvalue weighted by atomic mass is 10.2. The smallest absolute Gasteiger partial charge is 0.326 e. The van der Waals surface area contributed by atoms with E-state index in [0.29, 0.717) is 5.69 Å². The Bertz CT molecular complexity index is 598. The van der Waals surface area contributed by atoms with Gasteiger partial charge in [0.2, 0.25) is 0 Å². The summed E-state index contributed by atoms with van der Waals surface area (Å²) in [6.45, 7) is 0.115. The molecule has 2 unspecified atom stereocenters. The molecule has 0 saturated carbocycles. The molecule has 7 heteroatoms. The van der Waals surface area contributed by atoms with Crippen LogP contribution in [0.25, 0.3) is 0 Å². The van der Waals surface area contributed by atoms with Gasteiger partial charge in [0.25, 0.3) is 0 Å². The molecule has 6 nitrogen and oxygen atoms in total. The first-order valence-corrected chi connectivity index (χ1v) is 7.66. The van der Waals surface area contributed by atoms with Gasteiger partial charge < -0.3 is 15.1 Å². The lowest BCUT2D eigenvalue weighted by molar-refractivity contribution is -0.138. The van der Waals surface area contributed by atoms with E-state index >= 15 is 0 Å². The second-order valence-corrected chi connectivity index (χ2v) is 6.62. The number of para-hydroxylation sites is 1. The van der Waals surface area contributed by atoms with Crippen LogP contribution in [-0.4, -0.2) is 49.5 Å². The number of hydrogen-bond acceptors (Lipinski definition) is 5. The summed E-state index contributed by atoms with van der Waals surface area (Å²) in [7, 11) is -3.45. The summed E-state index contributed by atoms with van der Waals surface area (Å²) in [4.78, 5) is 12.7. The number of carbonyl (C=O) groups is 1. The number of carboxylic acid groups (broad SMARTS) is 1. The Labute approximate surface area is 111 Å². The number of benzene rings is 1. The minimum atomic E-state index is -3.45. The van der Waals surface area contributed by atoms with Gasteiger partial charge in [-0.1, -0.05) is 12.1 Å². The number of rotatable bonds is 3. The summed E-state index contributed by atoms with van der Waals surface area (Å²) >= 11 is 0. The maximum Gasteiger partial charge on any atom is 0.326 e. The summed E-state index contributed by atoms with van der Waals surface area (Å²) in [6.07, 6.45) is 0.398. The van der Waals surface area contributed by atoms with E-state index in [1.54, 1.807) is 18.2 Å². The van der Waals surface area contributed by atoms with E-state index in [0.717, 1.165) is 6.26 Å². The first-order valence-electron chi connectivity index (χ1n) is 5.77.